The van der Waals surface area contributed by atoms with Crippen LogP contribution in [0.25, 0.3) is 0 Å². The molecule has 0 spiro atoms. The largest absolute Gasteiger partial charge is 0.314 e. The molecule has 0 aliphatic carbocycles. The highest BCUT2D eigenvalue weighted by Gasteiger charge is 2.19. The molecule has 5 nitrogen and oxygen atoms in total. The predicted octanol–water partition coefficient (Wildman–Crippen LogP) is -0.391. The first-order valence-corrected chi connectivity index (χ1v) is 5.05. The van der Waals surface area contributed by atoms with Gasteiger partial charge in [-0.05, 0) is 6.92 Å². The quantitative estimate of drug-likeness (QED) is 0.698. The molecule has 5 heteroatoms. The van der Waals surface area contributed by atoms with Crippen LogP contribution in [0.1, 0.15) is 12.7 Å². The second-order valence-corrected chi connectivity index (χ2v) is 3.82. The number of nitrogens with one attached hydrogen (secondary N) is 1. The van der Waals surface area contributed by atoms with Crippen molar-refractivity contribution in [1.82, 2.24) is 25.0 Å². The predicted molar refractivity (Wildman–Crippen MR) is 53.7 cm³/mol. The second-order valence-electron chi connectivity index (χ2n) is 3.82. The lowest BCUT2D eigenvalue weighted by atomic mass is 10.2. The standard InChI is InChI=1S/C9H17N5/c1-8-5-10-3-4-14(8)6-9-11-7-12-13(9)2/h7-8,10H,3-6H2,1-2H3/t8-/m1/s1. The number of hydrogen-bond donors (Lipinski definition) is 1. The smallest absolute Gasteiger partial charge is 0.140 e. The van der Waals surface area contributed by atoms with E-state index < -0.39 is 0 Å². The number of aromatic nitrogens is 3. The van der Waals surface area contributed by atoms with Crippen LogP contribution in [0.15, 0.2) is 6.33 Å². The summed E-state index contributed by atoms with van der Waals surface area (Å²) in [5.41, 5.74) is 0. The first-order chi connectivity index (χ1) is 6.77. The van der Waals surface area contributed by atoms with Gasteiger partial charge in [0.25, 0.3) is 0 Å². The maximum absolute atomic E-state index is 4.23. The minimum atomic E-state index is 0.584. The zero-order valence-electron chi connectivity index (χ0n) is 8.77. The van der Waals surface area contributed by atoms with Crippen LogP contribution >= 0.6 is 0 Å². The SMILES string of the molecule is C[C@@H]1CNCCN1Cc1ncnn1C. The lowest BCUT2D eigenvalue weighted by Crippen LogP contribution is -2.49. The summed E-state index contributed by atoms with van der Waals surface area (Å²) in [4.78, 5) is 6.67. The topological polar surface area (TPSA) is 46.0 Å². The van der Waals surface area contributed by atoms with E-state index >= 15 is 0 Å². The Balaban J connectivity index is 1.99. The third-order valence-electron chi connectivity index (χ3n) is 2.79. The molecule has 1 atom stereocenters. The van der Waals surface area contributed by atoms with Gasteiger partial charge in [0.1, 0.15) is 12.2 Å². The van der Waals surface area contributed by atoms with Crippen LogP contribution in [0.3, 0.4) is 0 Å². The van der Waals surface area contributed by atoms with Crippen molar-refractivity contribution in [2.75, 3.05) is 19.6 Å². The van der Waals surface area contributed by atoms with Crippen LogP contribution in [0, 0.1) is 0 Å². The molecule has 0 unspecified atom stereocenters. The fourth-order valence-electron chi connectivity index (χ4n) is 1.76. The van der Waals surface area contributed by atoms with Crippen LogP contribution in [0.4, 0.5) is 0 Å². The van der Waals surface area contributed by atoms with E-state index in [0.717, 1.165) is 32.0 Å². The van der Waals surface area contributed by atoms with Crippen molar-refractivity contribution in [1.29, 1.82) is 0 Å². The molecule has 1 aromatic rings. The van der Waals surface area contributed by atoms with Gasteiger partial charge in [-0.3, -0.25) is 9.58 Å². The van der Waals surface area contributed by atoms with Crippen LogP contribution in [-0.2, 0) is 13.6 Å². The van der Waals surface area contributed by atoms with Crippen LogP contribution < -0.4 is 5.32 Å². The van der Waals surface area contributed by atoms with Crippen molar-refractivity contribution in [2.45, 2.75) is 19.5 Å². The summed E-state index contributed by atoms with van der Waals surface area (Å²) in [6.45, 7) is 6.37. The van der Waals surface area contributed by atoms with Gasteiger partial charge in [0.15, 0.2) is 0 Å². The van der Waals surface area contributed by atoms with Crippen molar-refractivity contribution in [3.63, 3.8) is 0 Å². The highest BCUT2D eigenvalue weighted by atomic mass is 15.3. The summed E-state index contributed by atoms with van der Waals surface area (Å²) >= 11 is 0. The van der Waals surface area contributed by atoms with Gasteiger partial charge in [-0.1, -0.05) is 0 Å². The monoisotopic (exact) mass is 195 g/mol. The van der Waals surface area contributed by atoms with Gasteiger partial charge < -0.3 is 5.32 Å². The molecule has 0 saturated carbocycles. The van der Waals surface area contributed by atoms with Crippen molar-refractivity contribution >= 4 is 0 Å². The van der Waals surface area contributed by atoms with Crippen molar-refractivity contribution in [3.8, 4) is 0 Å². The minimum Gasteiger partial charge on any atom is -0.314 e. The Kier molecular flexibility index (Phi) is 2.79. The molecular weight excluding hydrogens is 178 g/mol. The van der Waals surface area contributed by atoms with Gasteiger partial charge >= 0.3 is 0 Å². The van der Waals surface area contributed by atoms with E-state index in [-0.39, 0.29) is 0 Å². The van der Waals surface area contributed by atoms with E-state index in [9.17, 15) is 0 Å². The zero-order chi connectivity index (χ0) is 9.97. The summed E-state index contributed by atoms with van der Waals surface area (Å²) in [5.74, 6) is 1.04. The highest BCUT2D eigenvalue weighted by molar-refractivity contribution is 4.87. The van der Waals surface area contributed by atoms with Gasteiger partial charge in [-0.2, -0.15) is 5.10 Å². The average molecular weight is 195 g/mol. The van der Waals surface area contributed by atoms with Crippen LogP contribution in [0.2, 0.25) is 0 Å². The number of aryl methyl sites for hydroxylation is 1. The normalized spacial score (nSPS) is 24.0. The molecule has 1 fully saturated rings. The Hall–Kier alpha value is -0.940. The third-order valence-corrected chi connectivity index (χ3v) is 2.79. The van der Waals surface area contributed by atoms with E-state index in [1.54, 1.807) is 6.33 Å². The molecular formula is C9H17N5. The summed E-state index contributed by atoms with van der Waals surface area (Å²) in [5, 5.41) is 7.44. The molecule has 1 aromatic heterocycles. The molecule has 2 heterocycles. The van der Waals surface area contributed by atoms with Gasteiger partial charge in [0.2, 0.25) is 0 Å². The average Bonchev–Trinajstić information content (AvgIpc) is 2.56. The number of nitrogens with zero attached hydrogens (tertiary/aromatic N) is 4. The summed E-state index contributed by atoms with van der Waals surface area (Å²) in [7, 11) is 1.94. The molecule has 0 amide bonds. The van der Waals surface area contributed by atoms with E-state index in [0.29, 0.717) is 6.04 Å². The first-order valence-electron chi connectivity index (χ1n) is 5.05. The molecule has 0 bridgehead atoms. The molecule has 1 aliphatic rings. The van der Waals surface area contributed by atoms with Gasteiger partial charge in [-0.15, -0.1) is 0 Å². The Morgan fingerprint density at radius 1 is 1.64 bits per heavy atom. The van der Waals surface area contributed by atoms with Gasteiger partial charge in [0, 0.05) is 32.7 Å². The molecule has 1 N–H and O–H groups in total. The van der Waals surface area contributed by atoms with E-state index in [2.05, 4.69) is 27.2 Å². The molecule has 14 heavy (non-hydrogen) atoms. The fourth-order valence-corrected chi connectivity index (χ4v) is 1.76. The Morgan fingerprint density at radius 2 is 2.50 bits per heavy atom. The number of piperazine rings is 1. The second kappa shape index (κ2) is 4.06. The molecule has 78 valence electrons. The van der Waals surface area contributed by atoms with Gasteiger partial charge in [-0.25, -0.2) is 4.98 Å². The Morgan fingerprint density at radius 3 is 3.14 bits per heavy atom. The van der Waals surface area contributed by atoms with Gasteiger partial charge in [0.05, 0.1) is 6.54 Å². The minimum absolute atomic E-state index is 0.584. The highest BCUT2D eigenvalue weighted by Crippen LogP contribution is 2.06. The van der Waals surface area contributed by atoms with Crippen molar-refractivity contribution in [3.05, 3.63) is 12.2 Å². The molecule has 1 aliphatic heterocycles. The summed E-state index contributed by atoms with van der Waals surface area (Å²) in [6.07, 6.45) is 1.61. The first kappa shape index (κ1) is 9.61. The maximum Gasteiger partial charge on any atom is 0.140 e. The molecule has 2 rings (SSSR count). The zero-order valence-corrected chi connectivity index (χ0v) is 8.77. The van der Waals surface area contributed by atoms with Crippen LogP contribution in [0.5, 0.6) is 0 Å². The number of hydrogen-bond acceptors (Lipinski definition) is 4. The van der Waals surface area contributed by atoms with E-state index in [1.807, 2.05) is 11.7 Å². The molecule has 1 saturated heterocycles. The maximum atomic E-state index is 4.23. The Labute approximate surface area is 84.1 Å². The fraction of sp³-hybridized carbons (Fsp3) is 0.778. The van der Waals surface area contributed by atoms with Crippen LogP contribution in [-0.4, -0.2) is 45.3 Å². The number of rotatable bonds is 2. The Bertz CT molecular complexity index is 295. The summed E-state index contributed by atoms with van der Waals surface area (Å²) in [6, 6.07) is 0.584. The van der Waals surface area contributed by atoms with E-state index in [4.69, 9.17) is 0 Å². The van der Waals surface area contributed by atoms with Crippen molar-refractivity contribution in [2.24, 2.45) is 7.05 Å². The lowest BCUT2D eigenvalue weighted by molar-refractivity contribution is 0.160. The van der Waals surface area contributed by atoms with E-state index in [1.165, 1.54) is 0 Å². The lowest BCUT2D eigenvalue weighted by Gasteiger charge is -2.33. The summed E-state index contributed by atoms with van der Waals surface area (Å²) < 4.78 is 1.84. The third kappa shape index (κ3) is 1.93. The van der Waals surface area contributed by atoms with Crippen molar-refractivity contribution < 1.29 is 0 Å². The molecule has 0 radical (unpaired) electrons. The molecule has 0 aromatic carbocycles.